The zero-order valence-electron chi connectivity index (χ0n) is 10.6. The number of rotatable bonds is 6. The van der Waals surface area contributed by atoms with Gasteiger partial charge in [-0.05, 0) is 37.1 Å². The summed E-state index contributed by atoms with van der Waals surface area (Å²) in [4.78, 5) is 0. The summed E-state index contributed by atoms with van der Waals surface area (Å²) < 4.78 is 21.4. The molecule has 0 aliphatic carbocycles. The molecule has 0 saturated heterocycles. The average molecular weight is 300 g/mol. The maximum atomic E-state index is 13.1. The van der Waals surface area contributed by atoms with E-state index in [-0.39, 0.29) is 16.9 Å². The third-order valence-electron chi connectivity index (χ3n) is 2.80. The van der Waals surface area contributed by atoms with Crippen molar-refractivity contribution < 1.29 is 4.39 Å². The van der Waals surface area contributed by atoms with Crippen LogP contribution in [-0.4, -0.2) is 15.3 Å². The molecule has 2 aromatic rings. The van der Waals surface area contributed by atoms with Gasteiger partial charge >= 0.3 is 0 Å². The molecule has 1 aromatic heterocycles. The Kier molecular flexibility index (Phi) is 5.24. The third kappa shape index (κ3) is 3.96. The van der Waals surface area contributed by atoms with Gasteiger partial charge in [-0.25, -0.2) is 4.39 Å². The number of halogens is 2. The summed E-state index contributed by atoms with van der Waals surface area (Å²) in [6.07, 6.45) is 3.52. The zero-order chi connectivity index (χ0) is 13.7. The van der Waals surface area contributed by atoms with E-state index < -0.39 is 0 Å². The zero-order valence-corrected chi connectivity index (χ0v) is 12.1. The Hall–Kier alpha value is -1.04. The Morgan fingerprint density at radius 2 is 2.32 bits per heavy atom. The third-order valence-corrected chi connectivity index (χ3v) is 3.58. The Labute approximate surface area is 121 Å². The molecule has 1 N–H and O–H groups in total. The van der Waals surface area contributed by atoms with Gasteiger partial charge in [0.1, 0.15) is 5.82 Å². The van der Waals surface area contributed by atoms with Gasteiger partial charge in [-0.15, -0.1) is 0 Å². The average Bonchev–Trinajstić information content (AvgIpc) is 2.92. The van der Waals surface area contributed by atoms with Crippen LogP contribution in [0.25, 0.3) is 0 Å². The first-order chi connectivity index (χ1) is 9.20. The molecular weight excluding hydrogens is 285 g/mol. The van der Waals surface area contributed by atoms with Crippen molar-refractivity contribution >= 4 is 23.3 Å². The number of hydrogen-bond donors (Lipinski definition) is 1. The molecule has 1 unspecified atom stereocenters. The van der Waals surface area contributed by atoms with E-state index in [1.165, 1.54) is 17.8 Å². The first-order valence-corrected chi connectivity index (χ1v) is 7.26. The number of hydrogen-bond acceptors (Lipinski definition) is 4. The Bertz CT molecular complexity index is 519. The quantitative estimate of drug-likeness (QED) is 0.885. The van der Waals surface area contributed by atoms with Gasteiger partial charge in [0, 0.05) is 0 Å². The molecular formula is C13H15ClFN3S. The van der Waals surface area contributed by atoms with Crippen molar-refractivity contribution in [1.82, 2.24) is 14.1 Å². The minimum absolute atomic E-state index is 0.0835. The topological polar surface area (TPSA) is 37.8 Å². The lowest BCUT2D eigenvalue weighted by Crippen LogP contribution is -2.24. The lowest BCUT2D eigenvalue weighted by atomic mass is 10.0. The summed E-state index contributed by atoms with van der Waals surface area (Å²) in [5.74, 6) is -0.390. The SMILES string of the molecule is CCCNC(Cc1ccc(F)c(Cl)c1)c1cnsn1. The lowest BCUT2D eigenvalue weighted by Gasteiger charge is -2.16. The van der Waals surface area contributed by atoms with E-state index in [1.54, 1.807) is 18.3 Å². The number of nitrogens with one attached hydrogen (secondary N) is 1. The van der Waals surface area contributed by atoms with Crippen LogP contribution in [0.15, 0.2) is 24.4 Å². The lowest BCUT2D eigenvalue weighted by molar-refractivity contribution is 0.520. The maximum Gasteiger partial charge on any atom is 0.141 e. The molecule has 1 heterocycles. The first-order valence-electron chi connectivity index (χ1n) is 6.15. The highest BCUT2D eigenvalue weighted by Gasteiger charge is 2.15. The van der Waals surface area contributed by atoms with Crippen LogP contribution in [0, 0.1) is 5.82 Å². The molecule has 0 spiro atoms. The smallest absolute Gasteiger partial charge is 0.141 e. The van der Waals surface area contributed by atoms with Gasteiger partial charge in [-0.2, -0.15) is 8.75 Å². The predicted octanol–water partition coefficient (Wildman–Crippen LogP) is 3.61. The van der Waals surface area contributed by atoms with Crippen molar-refractivity contribution in [1.29, 1.82) is 0 Å². The van der Waals surface area contributed by atoms with Crippen molar-refractivity contribution in [2.45, 2.75) is 25.8 Å². The van der Waals surface area contributed by atoms with Crippen LogP contribution in [0.2, 0.25) is 5.02 Å². The minimum atomic E-state index is -0.390. The van der Waals surface area contributed by atoms with Crippen LogP contribution in [-0.2, 0) is 6.42 Å². The fourth-order valence-corrected chi connectivity index (χ4v) is 2.50. The highest BCUT2D eigenvalue weighted by Crippen LogP contribution is 2.21. The van der Waals surface area contributed by atoms with Gasteiger partial charge in [0.25, 0.3) is 0 Å². The van der Waals surface area contributed by atoms with Gasteiger partial charge in [-0.1, -0.05) is 24.6 Å². The summed E-state index contributed by atoms with van der Waals surface area (Å²) in [6, 6.07) is 4.90. The molecule has 0 bridgehead atoms. The molecule has 0 fully saturated rings. The highest BCUT2D eigenvalue weighted by molar-refractivity contribution is 6.99. The fourth-order valence-electron chi connectivity index (χ4n) is 1.83. The summed E-state index contributed by atoms with van der Waals surface area (Å²) in [5.41, 5.74) is 1.90. The van der Waals surface area contributed by atoms with E-state index in [0.717, 1.165) is 24.2 Å². The maximum absolute atomic E-state index is 13.1. The largest absolute Gasteiger partial charge is 0.308 e. The summed E-state index contributed by atoms with van der Waals surface area (Å²) in [5, 5.41) is 3.58. The van der Waals surface area contributed by atoms with Crippen LogP contribution in [0.1, 0.15) is 30.6 Å². The monoisotopic (exact) mass is 299 g/mol. The molecule has 1 aromatic carbocycles. The Morgan fingerprint density at radius 3 is 2.95 bits per heavy atom. The highest BCUT2D eigenvalue weighted by atomic mass is 35.5. The van der Waals surface area contributed by atoms with Crippen LogP contribution >= 0.6 is 23.3 Å². The summed E-state index contributed by atoms with van der Waals surface area (Å²) in [6.45, 7) is 3.01. The second-order valence-corrected chi connectivity index (χ2v) is 5.26. The van der Waals surface area contributed by atoms with E-state index >= 15 is 0 Å². The van der Waals surface area contributed by atoms with E-state index in [4.69, 9.17) is 11.6 Å². The molecule has 102 valence electrons. The first kappa shape index (κ1) is 14.4. The van der Waals surface area contributed by atoms with Gasteiger partial charge in [0.05, 0.1) is 34.7 Å². The predicted molar refractivity (Wildman–Crippen MR) is 76.1 cm³/mol. The van der Waals surface area contributed by atoms with Gasteiger partial charge in [0.15, 0.2) is 0 Å². The van der Waals surface area contributed by atoms with Crippen molar-refractivity contribution in [3.05, 3.63) is 46.5 Å². The second kappa shape index (κ2) is 6.93. The molecule has 0 radical (unpaired) electrons. The minimum Gasteiger partial charge on any atom is -0.308 e. The van der Waals surface area contributed by atoms with Crippen LogP contribution in [0.5, 0.6) is 0 Å². The molecule has 0 amide bonds. The number of benzene rings is 1. The van der Waals surface area contributed by atoms with E-state index in [1.807, 2.05) is 0 Å². The normalized spacial score (nSPS) is 12.6. The summed E-state index contributed by atoms with van der Waals surface area (Å²) in [7, 11) is 0. The van der Waals surface area contributed by atoms with Gasteiger partial charge < -0.3 is 5.32 Å². The molecule has 0 aliphatic heterocycles. The Morgan fingerprint density at radius 1 is 1.47 bits per heavy atom. The molecule has 2 rings (SSSR count). The van der Waals surface area contributed by atoms with Crippen molar-refractivity contribution in [3.8, 4) is 0 Å². The summed E-state index contributed by atoms with van der Waals surface area (Å²) >= 11 is 7.00. The van der Waals surface area contributed by atoms with E-state index in [9.17, 15) is 4.39 Å². The van der Waals surface area contributed by atoms with E-state index in [2.05, 4.69) is 21.0 Å². The molecule has 0 aliphatic rings. The van der Waals surface area contributed by atoms with Crippen molar-refractivity contribution in [2.75, 3.05) is 6.54 Å². The fraction of sp³-hybridized carbons (Fsp3) is 0.385. The van der Waals surface area contributed by atoms with Gasteiger partial charge in [-0.3, -0.25) is 0 Å². The number of aromatic nitrogens is 2. The second-order valence-electron chi connectivity index (χ2n) is 4.29. The van der Waals surface area contributed by atoms with Crippen LogP contribution in [0.3, 0.4) is 0 Å². The standard InChI is InChI=1S/C13H15ClFN3S/c1-2-5-16-12(13-8-17-19-18-13)7-9-3-4-11(15)10(14)6-9/h3-4,6,8,12,16H,2,5,7H2,1H3. The molecule has 0 saturated carbocycles. The van der Waals surface area contributed by atoms with Crippen molar-refractivity contribution in [3.63, 3.8) is 0 Å². The molecule has 6 heteroatoms. The van der Waals surface area contributed by atoms with Gasteiger partial charge in [0.2, 0.25) is 0 Å². The van der Waals surface area contributed by atoms with Crippen LogP contribution in [0.4, 0.5) is 4.39 Å². The molecule has 3 nitrogen and oxygen atoms in total. The Balaban J connectivity index is 2.13. The van der Waals surface area contributed by atoms with Crippen molar-refractivity contribution in [2.24, 2.45) is 0 Å². The van der Waals surface area contributed by atoms with E-state index in [0.29, 0.717) is 6.42 Å². The molecule has 19 heavy (non-hydrogen) atoms. The van der Waals surface area contributed by atoms with Crippen LogP contribution < -0.4 is 5.32 Å². The number of nitrogens with zero attached hydrogens (tertiary/aromatic N) is 2. The molecule has 1 atom stereocenters.